The normalized spacial score (nSPS) is 11.1. The van der Waals surface area contributed by atoms with Gasteiger partial charge in [-0.1, -0.05) is 12.1 Å². The zero-order valence-corrected chi connectivity index (χ0v) is 16.2. The minimum absolute atomic E-state index is 0.0751. The van der Waals surface area contributed by atoms with Gasteiger partial charge in [-0.25, -0.2) is 0 Å². The highest BCUT2D eigenvalue weighted by Gasteiger charge is 2.36. The lowest BCUT2D eigenvalue weighted by atomic mass is 10.1. The molecule has 1 aromatic heterocycles. The maximum Gasteiger partial charge on any atom is 0.259 e. The molecule has 0 aliphatic rings. The van der Waals surface area contributed by atoms with Gasteiger partial charge in [-0.05, 0) is 38.1 Å². The van der Waals surface area contributed by atoms with Crippen LogP contribution in [0.1, 0.15) is 29.9 Å². The standard InChI is InChI=1S/C20H26N2O5/c1-5-26-20(27-6-2,17-12-7-8-13-21-17)14-22-19(23)18-15(24-3)10-9-11-16(18)25-4/h7-13H,5-6,14H2,1-4H3,(H,22,23). The number of hydrogen-bond donors (Lipinski definition) is 1. The minimum atomic E-state index is -1.18. The second-order valence-corrected chi connectivity index (χ2v) is 5.55. The Hall–Kier alpha value is -2.64. The summed E-state index contributed by atoms with van der Waals surface area (Å²) in [6.07, 6.45) is 1.66. The first kappa shape index (κ1) is 20.7. The monoisotopic (exact) mass is 374 g/mol. The number of nitrogens with one attached hydrogen (secondary N) is 1. The third kappa shape index (κ3) is 4.75. The van der Waals surface area contributed by atoms with Crippen LogP contribution in [0.4, 0.5) is 0 Å². The Labute approximate surface area is 159 Å². The van der Waals surface area contributed by atoms with Gasteiger partial charge >= 0.3 is 0 Å². The summed E-state index contributed by atoms with van der Waals surface area (Å²) in [5, 5.41) is 2.87. The zero-order valence-electron chi connectivity index (χ0n) is 16.2. The van der Waals surface area contributed by atoms with Crippen molar-refractivity contribution in [3.05, 3.63) is 53.9 Å². The number of benzene rings is 1. The first-order valence-electron chi connectivity index (χ1n) is 8.80. The van der Waals surface area contributed by atoms with Crippen molar-refractivity contribution in [2.75, 3.05) is 34.0 Å². The third-order valence-electron chi connectivity index (χ3n) is 3.95. The molecule has 0 unspecified atom stereocenters. The molecule has 1 aromatic carbocycles. The molecule has 0 saturated heterocycles. The maximum atomic E-state index is 12.9. The van der Waals surface area contributed by atoms with E-state index in [2.05, 4.69) is 10.3 Å². The van der Waals surface area contributed by atoms with Gasteiger partial charge in [-0.15, -0.1) is 0 Å². The molecule has 1 amide bonds. The first-order valence-corrected chi connectivity index (χ1v) is 8.80. The largest absolute Gasteiger partial charge is 0.496 e. The van der Waals surface area contributed by atoms with Crippen molar-refractivity contribution in [3.63, 3.8) is 0 Å². The molecule has 2 aromatic rings. The summed E-state index contributed by atoms with van der Waals surface area (Å²) in [5.74, 6) is -0.703. The lowest BCUT2D eigenvalue weighted by molar-refractivity contribution is -0.240. The molecule has 27 heavy (non-hydrogen) atoms. The fourth-order valence-electron chi connectivity index (χ4n) is 2.80. The third-order valence-corrected chi connectivity index (χ3v) is 3.95. The smallest absolute Gasteiger partial charge is 0.259 e. The first-order chi connectivity index (χ1) is 13.1. The molecular weight excluding hydrogens is 348 g/mol. The summed E-state index contributed by atoms with van der Waals surface area (Å²) in [4.78, 5) is 17.2. The number of hydrogen-bond acceptors (Lipinski definition) is 6. The molecule has 0 fully saturated rings. The van der Waals surface area contributed by atoms with Crippen LogP contribution in [0, 0.1) is 0 Å². The van der Waals surface area contributed by atoms with Crippen molar-refractivity contribution in [2.24, 2.45) is 0 Å². The van der Waals surface area contributed by atoms with Crippen molar-refractivity contribution in [3.8, 4) is 11.5 Å². The van der Waals surface area contributed by atoms with Crippen molar-refractivity contribution in [1.29, 1.82) is 0 Å². The zero-order chi connectivity index (χ0) is 19.7. The van der Waals surface area contributed by atoms with Crippen LogP contribution >= 0.6 is 0 Å². The van der Waals surface area contributed by atoms with Gasteiger partial charge < -0.3 is 24.3 Å². The highest BCUT2D eigenvalue weighted by Crippen LogP contribution is 2.29. The molecule has 0 bridgehead atoms. The van der Waals surface area contributed by atoms with Gasteiger partial charge in [0.1, 0.15) is 22.8 Å². The minimum Gasteiger partial charge on any atom is -0.496 e. The molecule has 0 aliphatic carbocycles. The van der Waals surface area contributed by atoms with E-state index in [1.807, 2.05) is 26.0 Å². The highest BCUT2D eigenvalue weighted by atomic mass is 16.7. The van der Waals surface area contributed by atoms with Gasteiger partial charge in [0.2, 0.25) is 5.79 Å². The van der Waals surface area contributed by atoms with Crippen LogP contribution in [-0.2, 0) is 15.3 Å². The van der Waals surface area contributed by atoms with E-state index in [1.165, 1.54) is 14.2 Å². The Balaban J connectivity index is 2.31. The molecule has 1 N–H and O–H groups in total. The molecule has 0 aliphatic heterocycles. The van der Waals surface area contributed by atoms with Crippen molar-refractivity contribution in [2.45, 2.75) is 19.6 Å². The molecule has 146 valence electrons. The molecule has 0 radical (unpaired) electrons. The van der Waals surface area contributed by atoms with Gasteiger partial charge in [0, 0.05) is 19.4 Å². The van der Waals surface area contributed by atoms with Gasteiger partial charge in [0.05, 0.1) is 20.8 Å². The molecule has 2 rings (SSSR count). The summed E-state index contributed by atoms with van der Waals surface area (Å²) in [6, 6.07) is 10.6. The number of nitrogens with zero attached hydrogens (tertiary/aromatic N) is 1. The van der Waals surface area contributed by atoms with Crippen LogP contribution in [0.5, 0.6) is 11.5 Å². The fraction of sp³-hybridized carbons (Fsp3) is 0.400. The van der Waals surface area contributed by atoms with Crippen LogP contribution in [0.3, 0.4) is 0 Å². The van der Waals surface area contributed by atoms with Gasteiger partial charge in [0.15, 0.2) is 0 Å². The van der Waals surface area contributed by atoms with Gasteiger partial charge in [-0.2, -0.15) is 0 Å². The van der Waals surface area contributed by atoms with Crippen molar-refractivity contribution in [1.82, 2.24) is 10.3 Å². The lowest BCUT2D eigenvalue weighted by Crippen LogP contribution is -2.45. The second kappa shape index (κ2) is 9.89. The highest BCUT2D eigenvalue weighted by molar-refractivity contribution is 5.99. The number of amides is 1. The van der Waals surface area contributed by atoms with Crippen LogP contribution in [0.15, 0.2) is 42.6 Å². The van der Waals surface area contributed by atoms with Crippen LogP contribution in [0.2, 0.25) is 0 Å². The van der Waals surface area contributed by atoms with Gasteiger partial charge in [-0.3, -0.25) is 9.78 Å². The van der Waals surface area contributed by atoms with Crippen LogP contribution in [0.25, 0.3) is 0 Å². The lowest BCUT2D eigenvalue weighted by Gasteiger charge is -2.32. The van der Waals surface area contributed by atoms with E-state index in [1.54, 1.807) is 30.5 Å². The number of carbonyl (C=O) groups excluding carboxylic acids is 1. The number of ether oxygens (including phenoxy) is 4. The van der Waals surface area contributed by atoms with E-state index in [0.717, 1.165) is 0 Å². The van der Waals surface area contributed by atoms with Crippen LogP contribution in [-0.4, -0.2) is 44.9 Å². The number of pyridine rings is 1. The molecule has 1 heterocycles. The number of methoxy groups -OCH3 is 2. The van der Waals surface area contributed by atoms with Crippen molar-refractivity contribution < 1.29 is 23.7 Å². The Morgan fingerprint density at radius 3 is 2.11 bits per heavy atom. The predicted octanol–water partition coefficient (Wildman–Crippen LogP) is 2.75. The summed E-state index contributed by atoms with van der Waals surface area (Å²) in [5.41, 5.74) is 0.895. The molecule has 0 spiro atoms. The Morgan fingerprint density at radius 1 is 1.00 bits per heavy atom. The number of aromatic nitrogens is 1. The predicted molar refractivity (Wildman–Crippen MR) is 101 cm³/mol. The maximum absolute atomic E-state index is 12.9. The van der Waals surface area contributed by atoms with E-state index in [0.29, 0.717) is 36.0 Å². The van der Waals surface area contributed by atoms with E-state index in [-0.39, 0.29) is 12.5 Å². The Kier molecular flexibility index (Phi) is 7.57. The van der Waals surface area contributed by atoms with Crippen molar-refractivity contribution >= 4 is 5.91 Å². The van der Waals surface area contributed by atoms with E-state index < -0.39 is 5.79 Å². The quantitative estimate of drug-likeness (QED) is 0.644. The molecule has 0 atom stereocenters. The summed E-state index contributed by atoms with van der Waals surface area (Å²) >= 11 is 0. The van der Waals surface area contributed by atoms with E-state index >= 15 is 0 Å². The summed E-state index contributed by atoms with van der Waals surface area (Å²) in [6.45, 7) is 4.59. The second-order valence-electron chi connectivity index (χ2n) is 5.55. The molecule has 7 nitrogen and oxygen atoms in total. The summed E-state index contributed by atoms with van der Waals surface area (Å²) < 4.78 is 22.4. The van der Waals surface area contributed by atoms with E-state index in [4.69, 9.17) is 18.9 Å². The molecular formula is C20H26N2O5. The molecule has 0 saturated carbocycles. The number of rotatable bonds is 10. The average molecular weight is 374 g/mol. The SMILES string of the molecule is CCOC(CNC(=O)c1c(OC)cccc1OC)(OCC)c1ccccn1. The molecule has 7 heteroatoms. The fourth-order valence-corrected chi connectivity index (χ4v) is 2.80. The van der Waals surface area contributed by atoms with Gasteiger partial charge in [0.25, 0.3) is 5.91 Å². The Morgan fingerprint density at radius 2 is 1.63 bits per heavy atom. The van der Waals surface area contributed by atoms with E-state index in [9.17, 15) is 4.79 Å². The average Bonchev–Trinajstić information content (AvgIpc) is 2.72. The Bertz CT molecular complexity index is 708. The summed E-state index contributed by atoms with van der Waals surface area (Å²) in [7, 11) is 3.01. The topological polar surface area (TPSA) is 78.9 Å². The number of carbonyl (C=O) groups is 1. The van der Waals surface area contributed by atoms with Crippen LogP contribution < -0.4 is 14.8 Å².